The number of aromatic amines is 1. The summed E-state index contributed by atoms with van der Waals surface area (Å²) in [6.45, 7) is 0. The van der Waals surface area contributed by atoms with Crippen LogP contribution in [0.3, 0.4) is 0 Å². The van der Waals surface area contributed by atoms with E-state index in [1.807, 2.05) is 11.4 Å². The van der Waals surface area contributed by atoms with E-state index in [-0.39, 0.29) is 0 Å². The molecule has 0 aliphatic carbocycles. The largest absolute Gasteiger partial charge is 0.357 e. The molecule has 4 rings (SSSR count). The van der Waals surface area contributed by atoms with E-state index in [1.54, 1.807) is 24.7 Å². The summed E-state index contributed by atoms with van der Waals surface area (Å²) in [7, 11) is 1.81. The normalized spacial score (nSPS) is 11.3. The Bertz CT molecular complexity index is 930. The van der Waals surface area contributed by atoms with Crippen molar-refractivity contribution in [3.8, 4) is 0 Å². The molecule has 0 aliphatic rings. The predicted octanol–water partition coefficient (Wildman–Crippen LogP) is 2.55. The molecule has 9 heteroatoms. The molecule has 0 atom stereocenters. The summed E-state index contributed by atoms with van der Waals surface area (Å²) in [4.78, 5) is 25.6. The lowest BCUT2D eigenvalue weighted by Gasteiger charge is -2.05. The molecule has 21 heavy (non-hydrogen) atoms. The number of nitrogens with zero attached hydrogens (tertiary/aromatic N) is 5. The van der Waals surface area contributed by atoms with Gasteiger partial charge in [0.25, 0.3) is 0 Å². The Morgan fingerprint density at radius 3 is 3.05 bits per heavy atom. The first kappa shape index (κ1) is 12.5. The third-order valence-corrected chi connectivity index (χ3v) is 4.71. The minimum atomic E-state index is 0.599. The molecule has 7 nitrogen and oxygen atoms in total. The molecule has 0 aliphatic heterocycles. The summed E-state index contributed by atoms with van der Waals surface area (Å²) < 4.78 is 0. The molecule has 4 aromatic rings. The van der Waals surface area contributed by atoms with Crippen molar-refractivity contribution in [3.63, 3.8) is 0 Å². The highest BCUT2D eigenvalue weighted by Gasteiger charge is 2.13. The molecule has 0 fully saturated rings. The Kier molecular flexibility index (Phi) is 2.93. The van der Waals surface area contributed by atoms with Gasteiger partial charge in [-0.3, -0.25) is 0 Å². The fourth-order valence-corrected chi connectivity index (χ4v) is 3.70. The minimum absolute atomic E-state index is 0.599. The van der Waals surface area contributed by atoms with Gasteiger partial charge in [0.15, 0.2) is 5.65 Å². The van der Waals surface area contributed by atoms with Gasteiger partial charge in [0.1, 0.15) is 26.7 Å². The standard InChI is InChI=1S/C12H9N7S2/c1-13-12-18-9-6(2-3-20-9)10(19-12)21-11-7-8(15-4-14-7)16-5-17-11/h2-5H,1H3,(H,13,18,19)(H,14,15,16,17). The molecule has 0 bridgehead atoms. The van der Waals surface area contributed by atoms with Crippen molar-refractivity contribution in [1.82, 2.24) is 29.9 Å². The quantitative estimate of drug-likeness (QED) is 0.561. The third-order valence-electron chi connectivity index (χ3n) is 2.90. The van der Waals surface area contributed by atoms with Gasteiger partial charge in [-0.1, -0.05) is 0 Å². The summed E-state index contributed by atoms with van der Waals surface area (Å²) in [5, 5.41) is 7.68. The number of imidazole rings is 1. The second-order valence-electron chi connectivity index (χ2n) is 4.12. The Morgan fingerprint density at radius 1 is 1.19 bits per heavy atom. The molecule has 4 heterocycles. The van der Waals surface area contributed by atoms with E-state index in [0.717, 1.165) is 25.8 Å². The Hall–Kier alpha value is -2.26. The van der Waals surface area contributed by atoms with E-state index in [1.165, 1.54) is 18.1 Å². The van der Waals surface area contributed by atoms with Crippen molar-refractivity contribution in [2.45, 2.75) is 10.1 Å². The van der Waals surface area contributed by atoms with Crippen LogP contribution in [0.15, 0.2) is 34.2 Å². The molecule has 2 N–H and O–H groups in total. The van der Waals surface area contributed by atoms with Crippen LogP contribution in [-0.2, 0) is 0 Å². The summed E-state index contributed by atoms with van der Waals surface area (Å²) >= 11 is 3.07. The van der Waals surface area contributed by atoms with Crippen LogP contribution < -0.4 is 5.32 Å². The van der Waals surface area contributed by atoms with Crippen LogP contribution >= 0.6 is 23.1 Å². The van der Waals surface area contributed by atoms with Crippen LogP contribution in [0.1, 0.15) is 0 Å². The maximum atomic E-state index is 4.53. The second kappa shape index (κ2) is 4.93. The van der Waals surface area contributed by atoms with Gasteiger partial charge >= 0.3 is 0 Å². The number of nitrogens with one attached hydrogen (secondary N) is 2. The SMILES string of the molecule is CNc1nc(Sc2ncnc3nc[nH]c23)c2ccsc2n1. The number of anilines is 1. The monoisotopic (exact) mass is 315 g/mol. The van der Waals surface area contributed by atoms with Crippen LogP contribution in [0.25, 0.3) is 21.4 Å². The first-order valence-corrected chi connectivity index (χ1v) is 7.79. The number of aromatic nitrogens is 6. The number of hydrogen-bond donors (Lipinski definition) is 2. The fraction of sp³-hybridized carbons (Fsp3) is 0.0833. The lowest BCUT2D eigenvalue weighted by atomic mass is 10.4. The highest BCUT2D eigenvalue weighted by molar-refractivity contribution is 7.99. The number of fused-ring (bicyclic) bond motifs is 2. The zero-order valence-electron chi connectivity index (χ0n) is 10.9. The van der Waals surface area contributed by atoms with Gasteiger partial charge < -0.3 is 10.3 Å². The van der Waals surface area contributed by atoms with Crippen molar-refractivity contribution in [2.75, 3.05) is 12.4 Å². The molecule has 104 valence electrons. The van der Waals surface area contributed by atoms with Crippen LogP contribution in [-0.4, -0.2) is 37.0 Å². The fourth-order valence-electron chi connectivity index (χ4n) is 1.93. The van der Waals surface area contributed by atoms with Gasteiger partial charge in [0, 0.05) is 12.4 Å². The zero-order chi connectivity index (χ0) is 14.2. The van der Waals surface area contributed by atoms with Crippen molar-refractivity contribution in [1.29, 1.82) is 0 Å². The van der Waals surface area contributed by atoms with E-state index in [2.05, 4.69) is 35.2 Å². The maximum absolute atomic E-state index is 4.53. The lowest BCUT2D eigenvalue weighted by molar-refractivity contribution is 1.06. The first-order chi connectivity index (χ1) is 10.3. The van der Waals surface area contributed by atoms with Gasteiger partial charge in [-0.25, -0.2) is 24.9 Å². The summed E-state index contributed by atoms with van der Waals surface area (Å²) in [5.41, 5.74) is 1.47. The Labute approximate surface area is 127 Å². The molecule has 0 aromatic carbocycles. The lowest BCUT2D eigenvalue weighted by Crippen LogP contribution is -1.97. The van der Waals surface area contributed by atoms with E-state index >= 15 is 0 Å². The molecular weight excluding hydrogens is 306 g/mol. The molecule has 0 saturated heterocycles. The van der Waals surface area contributed by atoms with E-state index in [0.29, 0.717) is 11.6 Å². The first-order valence-electron chi connectivity index (χ1n) is 6.10. The molecule has 4 aromatic heterocycles. The minimum Gasteiger partial charge on any atom is -0.357 e. The molecule has 0 saturated carbocycles. The Balaban J connectivity index is 1.87. The summed E-state index contributed by atoms with van der Waals surface area (Å²) in [6.07, 6.45) is 3.12. The third kappa shape index (κ3) is 2.10. The number of thiophene rings is 1. The van der Waals surface area contributed by atoms with Gasteiger partial charge in [0.2, 0.25) is 5.95 Å². The Morgan fingerprint density at radius 2 is 2.14 bits per heavy atom. The van der Waals surface area contributed by atoms with E-state index < -0.39 is 0 Å². The highest BCUT2D eigenvalue weighted by atomic mass is 32.2. The molecule has 0 radical (unpaired) electrons. The molecular formula is C12H9N7S2. The van der Waals surface area contributed by atoms with Crippen LogP contribution in [0.2, 0.25) is 0 Å². The highest BCUT2D eigenvalue weighted by Crippen LogP contribution is 2.35. The predicted molar refractivity (Wildman–Crippen MR) is 82.8 cm³/mol. The van der Waals surface area contributed by atoms with Gasteiger partial charge in [-0.2, -0.15) is 0 Å². The molecule has 0 amide bonds. The van der Waals surface area contributed by atoms with Crippen molar-refractivity contribution in [3.05, 3.63) is 24.1 Å². The number of hydrogen-bond acceptors (Lipinski definition) is 8. The van der Waals surface area contributed by atoms with E-state index in [4.69, 9.17) is 0 Å². The maximum Gasteiger partial charge on any atom is 0.224 e. The van der Waals surface area contributed by atoms with Crippen molar-refractivity contribution >= 4 is 50.4 Å². The van der Waals surface area contributed by atoms with Gasteiger partial charge in [-0.15, -0.1) is 11.3 Å². The van der Waals surface area contributed by atoms with Crippen molar-refractivity contribution < 1.29 is 0 Å². The van der Waals surface area contributed by atoms with Crippen LogP contribution in [0.4, 0.5) is 5.95 Å². The second-order valence-corrected chi connectivity index (χ2v) is 6.00. The summed E-state index contributed by atoms with van der Waals surface area (Å²) in [5.74, 6) is 0.599. The topological polar surface area (TPSA) is 92.3 Å². The van der Waals surface area contributed by atoms with Gasteiger partial charge in [0.05, 0.1) is 6.33 Å². The van der Waals surface area contributed by atoms with Crippen LogP contribution in [0.5, 0.6) is 0 Å². The van der Waals surface area contributed by atoms with E-state index in [9.17, 15) is 0 Å². The molecule has 0 unspecified atom stereocenters. The summed E-state index contributed by atoms with van der Waals surface area (Å²) in [6, 6.07) is 2.02. The smallest absolute Gasteiger partial charge is 0.224 e. The molecule has 0 spiro atoms. The average Bonchev–Trinajstić information content (AvgIpc) is 3.16. The average molecular weight is 315 g/mol. The van der Waals surface area contributed by atoms with Gasteiger partial charge in [-0.05, 0) is 23.2 Å². The number of H-pyrrole nitrogens is 1. The zero-order valence-corrected chi connectivity index (χ0v) is 12.5. The van der Waals surface area contributed by atoms with Crippen molar-refractivity contribution in [2.24, 2.45) is 0 Å². The van der Waals surface area contributed by atoms with Crippen LogP contribution in [0, 0.1) is 0 Å². The number of rotatable bonds is 3.